The van der Waals surface area contributed by atoms with Crippen LogP contribution in [0.15, 0.2) is 36.5 Å². The Morgan fingerprint density at radius 1 is 1.11 bits per heavy atom. The number of piperazine rings is 1. The molecule has 0 bridgehead atoms. The standard InChI is InChI=1S/C28H34FN5O3/c1-17(2)21-12-22(18-6-8-20(29)9-7-18)31-34-15-23(30-24(21)34)26(36)33-11-10-32(16-27(33,3)4)25(35)19-13-28(5,37)14-19/h6-9,12,15,17,19,37H,10-11,13-14,16H2,1-5H3/t19-,28+. The number of imidazole rings is 1. The predicted octanol–water partition coefficient (Wildman–Crippen LogP) is 3.88. The van der Waals surface area contributed by atoms with Crippen molar-refractivity contribution in [2.24, 2.45) is 5.92 Å². The normalized spacial score (nSPS) is 23.4. The molecule has 2 amide bonds. The largest absolute Gasteiger partial charge is 0.390 e. The second kappa shape index (κ2) is 8.90. The SMILES string of the molecule is CC(C)c1cc(-c2ccc(F)cc2)nn2cc(C(=O)N3CCN(C(=O)[C@H]4C[C@@](C)(O)C4)CC3(C)C)nc12. The highest BCUT2D eigenvalue weighted by molar-refractivity contribution is 5.94. The zero-order chi connectivity index (χ0) is 26.7. The van der Waals surface area contributed by atoms with Gasteiger partial charge in [0, 0.05) is 36.7 Å². The number of carbonyl (C=O) groups excluding carboxylic acids is 2. The van der Waals surface area contributed by atoms with E-state index in [1.54, 1.807) is 34.7 Å². The van der Waals surface area contributed by atoms with Gasteiger partial charge < -0.3 is 14.9 Å². The summed E-state index contributed by atoms with van der Waals surface area (Å²) in [7, 11) is 0. The monoisotopic (exact) mass is 507 g/mol. The minimum absolute atomic E-state index is 0.0542. The number of nitrogens with zero attached hydrogens (tertiary/aromatic N) is 5. The van der Waals surface area contributed by atoms with Crippen LogP contribution in [0.2, 0.25) is 0 Å². The molecule has 2 aromatic heterocycles. The van der Waals surface area contributed by atoms with Crippen molar-refractivity contribution in [3.05, 3.63) is 53.6 Å². The number of hydrogen-bond donors (Lipinski definition) is 1. The number of halogens is 1. The topological polar surface area (TPSA) is 91.0 Å². The summed E-state index contributed by atoms with van der Waals surface area (Å²) >= 11 is 0. The molecule has 196 valence electrons. The van der Waals surface area contributed by atoms with Crippen molar-refractivity contribution in [2.45, 2.75) is 64.5 Å². The minimum atomic E-state index is -0.754. The Labute approximate surface area is 216 Å². The van der Waals surface area contributed by atoms with Crippen LogP contribution in [0.25, 0.3) is 16.9 Å². The first kappa shape index (κ1) is 25.3. The van der Waals surface area contributed by atoms with E-state index < -0.39 is 11.1 Å². The molecule has 37 heavy (non-hydrogen) atoms. The molecule has 9 heteroatoms. The fourth-order valence-electron chi connectivity index (χ4n) is 5.58. The molecule has 1 aliphatic carbocycles. The lowest BCUT2D eigenvalue weighted by molar-refractivity contribution is -0.153. The molecule has 1 aliphatic heterocycles. The van der Waals surface area contributed by atoms with Gasteiger partial charge >= 0.3 is 0 Å². The summed E-state index contributed by atoms with van der Waals surface area (Å²) in [6, 6.07) is 8.12. The van der Waals surface area contributed by atoms with Crippen LogP contribution in [0.3, 0.4) is 0 Å². The number of carbonyl (C=O) groups is 2. The van der Waals surface area contributed by atoms with Crippen molar-refractivity contribution in [1.82, 2.24) is 24.4 Å². The molecule has 1 saturated heterocycles. The molecule has 1 aromatic carbocycles. The van der Waals surface area contributed by atoms with Crippen LogP contribution in [0.5, 0.6) is 0 Å². The van der Waals surface area contributed by atoms with Gasteiger partial charge in [-0.1, -0.05) is 13.8 Å². The fourth-order valence-corrected chi connectivity index (χ4v) is 5.58. The van der Waals surface area contributed by atoms with E-state index in [1.807, 2.05) is 24.8 Å². The Morgan fingerprint density at radius 3 is 2.38 bits per heavy atom. The molecule has 0 unspecified atom stereocenters. The van der Waals surface area contributed by atoms with Crippen molar-refractivity contribution >= 4 is 17.5 Å². The summed E-state index contributed by atoms with van der Waals surface area (Å²) in [4.78, 5) is 34.9. The first-order valence-corrected chi connectivity index (χ1v) is 12.8. The van der Waals surface area contributed by atoms with Crippen molar-refractivity contribution in [3.63, 3.8) is 0 Å². The van der Waals surface area contributed by atoms with Crippen LogP contribution in [0.1, 0.15) is 69.4 Å². The number of benzene rings is 1. The fraction of sp³-hybridized carbons (Fsp3) is 0.500. The number of fused-ring (bicyclic) bond motifs is 1. The Bertz CT molecular complexity index is 1350. The van der Waals surface area contributed by atoms with E-state index in [9.17, 15) is 19.1 Å². The van der Waals surface area contributed by atoms with Gasteiger partial charge in [0.05, 0.1) is 23.0 Å². The van der Waals surface area contributed by atoms with Crippen LogP contribution in [0, 0.1) is 11.7 Å². The van der Waals surface area contributed by atoms with E-state index in [2.05, 4.69) is 23.9 Å². The minimum Gasteiger partial charge on any atom is -0.390 e. The molecule has 0 spiro atoms. The third-order valence-corrected chi connectivity index (χ3v) is 7.62. The zero-order valence-electron chi connectivity index (χ0n) is 22.0. The van der Waals surface area contributed by atoms with Crippen LogP contribution in [-0.2, 0) is 4.79 Å². The molecular formula is C28H34FN5O3. The second-order valence-electron chi connectivity index (χ2n) is 11.7. The molecule has 0 atom stereocenters. The molecule has 1 saturated carbocycles. The molecule has 5 rings (SSSR count). The molecule has 0 radical (unpaired) electrons. The summed E-state index contributed by atoms with van der Waals surface area (Å²) in [6.07, 6.45) is 2.62. The van der Waals surface area contributed by atoms with Gasteiger partial charge in [-0.15, -0.1) is 0 Å². The molecule has 3 aromatic rings. The highest BCUT2D eigenvalue weighted by atomic mass is 19.1. The number of amides is 2. The second-order valence-corrected chi connectivity index (χ2v) is 11.7. The third kappa shape index (κ3) is 4.72. The van der Waals surface area contributed by atoms with Crippen molar-refractivity contribution in [2.75, 3.05) is 19.6 Å². The Morgan fingerprint density at radius 2 is 1.78 bits per heavy atom. The number of aliphatic hydroxyl groups is 1. The molecular weight excluding hydrogens is 473 g/mol. The Kier molecular flexibility index (Phi) is 6.09. The summed E-state index contributed by atoms with van der Waals surface area (Å²) in [5, 5.41) is 14.7. The van der Waals surface area contributed by atoms with E-state index in [0.29, 0.717) is 49.5 Å². The molecule has 1 N–H and O–H groups in total. The Hall–Kier alpha value is -3.33. The van der Waals surface area contributed by atoms with E-state index in [-0.39, 0.29) is 29.5 Å². The van der Waals surface area contributed by atoms with Crippen molar-refractivity contribution in [1.29, 1.82) is 0 Å². The highest BCUT2D eigenvalue weighted by Crippen LogP contribution is 2.39. The maximum Gasteiger partial charge on any atom is 0.274 e. The van der Waals surface area contributed by atoms with Gasteiger partial charge in [0.1, 0.15) is 11.5 Å². The van der Waals surface area contributed by atoms with E-state index in [4.69, 9.17) is 0 Å². The maximum atomic E-state index is 13.7. The molecule has 8 nitrogen and oxygen atoms in total. The average molecular weight is 508 g/mol. The van der Waals surface area contributed by atoms with E-state index in [0.717, 1.165) is 11.1 Å². The van der Waals surface area contributed by atoms with E-state index >= 15 is 0 Å². The zero-order valence-corrected chi connectivity index (χ0v) is 22.0. The van der Waals surface area contributed by atoms with Crippen LogP contribution in [0.4, 0.5) is 4.39 Å². The summed E-state index contributed by atoms with van der Waals surface area (Å²) in [6.45, 7) is 11.1. The predicted molar refractivity (Wildman–Crippen MR) is 138 cm³/mol. The van der Waals surface area contributed by atoms with Gasteiger partial charge in [-0.05, 0) is 69.9 Å². The maximum absolute atomic E-state index is 13.7. The van der Waals surface area contributed by atoms with Crippen molar-refractivity contribution < 1.29 is 19.1 Å². The first-order valence-electron chi connectivity index (χ1n) is 12.8. The third-order valence-electron chi connectivity index (χ3n) is 7.62. The molecule has 2 aliphatic rings. The van der Waals surface area contributed by atoms with Gasteiger partial charge in [-0.3, -0.25) is 9.59 Å². The lowest BCUT2D eigenvalue weighted by Crippen LogP contribution is -2.63. The highest BCUT2D eigenvalue weighted by Gasteiger charge is 2.46. The van der Waals surface area contributed by atoms with Gasteiger partial charge in [-0.2, -0.15) is 5.10 Å². The number of rotatable bonds is 4. The van der Waals surface area contributed by atoms with Gasteiger partial charge in [0.2, 0.25) is 5.91 Å². The summed E-state index contributed by atoms with van der Waals surface area (Å²) in [5.41, 5.74) is 1.98. The Balaban J connectivity index is 1.40. The van der Waals surface area contributed by atoms with Gasteiger partial charge in [0.25, 0.3) is 5.91 Å². The van der Waals surface area contributed by atoms with Gasteiger partial charge in [0.15, 0.2) is 5.65 Å². The number of aromatic nitrogens is 3. The van der Waals surface area contributed by atoms with Gasteiger partial charge in [-0.25, -0.2) is 13.9 Å². The molecule has 3 heterocycles. The van der Waals surface area contributed by atoms with Crippen LogP contribution >= 0.6 is 0 Å². The lowest BCUT2D eigenvalue weighted by Gasteiger charge is -2.49. The first-order chi connectivity index (χ1) is 17.3. The van der Waals surface area contributed by atoms with Crippen LogP contribution in [-0.4, -0.2) is 72.1 Å². The van der Waals surface area contributed by atoms with Crippen molar-refractivity contribution in [3.8, 4) is 11.3 Å². The van der Waals surface area contributed by atoms with E-state index in [1.165, 1.54) is 12.1 Å². The quantitative estimate of drug-likeness (QED) is 0.579. The summed E-state index contributed by atoms with van der Waals surface area (Å²) < 4.78 is 15.1. The average Bonchev–Trinajstić information content (AvgIpc) is 3.25. The summed E-state index contributed by atoms with van der Waals surface area (Å²) in [5.74, 6) is -0.477. The lowest BCUT2D eigenvalue weighted by atomic mass is 9.71. The smallest absolute Gasteiger partial charge is 0.274 e. The number of hydrogen-bond acceptors (Lipinski definition) is 5. The molecule has 2 fully saturated rings. The van der Waals surface area contributed by atoms with Crippen LogP contribution < -0.4 is 0 Å².